The van der Waals surface area contributed by atoms with Crippen LogP contribution in [0.2, 0.25) is 5.02 Å². The van der Waals surface area contributed by atoms with Gasteiger partial charge < -0.3 is 4.74 Å². The molecule has 0 aliphatic carbocycles. The fraction of sp³-hybridized carbons (Fsp3) is 0.125. The van der Waals surface area contributed by atoms with Crippen LogP contribution in [0.4, 0.5) is 11.4 Å². The van der Waals surface area contributed by atoms with E-state index in [4.69, 9.17) is 16.3 Å². The van der Waals surface area contributed by atoms with Gasteiger partial charge in [-0.05, 0) is 41.8 Å². The number of methoxy groups -OCH3 is 1. The van der Waals surface area contributed by atoms with Crippen LogP contribution in [0, 0.1) is 0 Å². The third kappa shape index (κ3) is 3.68. The number of ether oxygens (including phenoxy) is 1. The van der Waals surface area contributed by atoms with Crippen LogP contribution in [0.25, 0.3) is 0 Å². The second-order valence-corrected chi connectivity index (χ2v) is 4.78. The minimum Gasteiger partial charge on any atom is -0.494 e. The Bertz CT molecular complexity index is 792. The molecule has 0 saturated carbocycles. The predicted molar refractivity (Wildman–Crippen MR) is 82.8 cm³/mol. The van der Waals surface area contributed by atoms with Gasteiger partial charge in [-0.1, -0.05) is 23.7 Å². The standard InChI is InChI=1S/C16H11ClN2O3/c1-22-16-8-12(3-5-15(16)19-10-21)6-11-2-4-14(18-9-20)13(17)7-11/h2-5,7-8H,6H2,1H3. The Morgan fingerprint density at radius 1 is 1.00 bits per heavy atom. The number of halogens is 1. The summed E-state index contributed by atoms with van der Waals surface area (Å²) in [6.45, 7) is 0. The monoisotopic (exact) mass is 314 g/mol. The first kappa shape index (κ1) is 15.7. The number of carbonyl (C=O) groups excluding carboxylic acids is 2. The molecule has 22 heavy (non-hydrogen) atoms. The van der Waals surface area contributed by atoms with Crippen molar-refractivity contribution in [3.63, 3.8) is 0 Å². The summed E-state index contributed by atoms with van der Waals surface area (Å²) < 4.78 is 5.19. The van der Waals surface area contributed by atoms with E-state index >= 15 is 0 Å². The summed E-state index contributed by atoms with van der Waals surface area (Å²) in [4.78, 5) is 27.7. The topological polar surface area (TPSA) is 68.1 Å². The van der Waals surface area contributed by atoms with Gasteiger partial charge in [-0.2, -0.15) is 9.98 Å². The van der Waals surface area contributed by atoms with Crippen molar-refractivity contribution >= 4 is 35.1 Å². The molecule has 0 unspecified atom stereocenters. The smallest absolute Gasteiger partial charge is 0.240 e. The first-order valence-corrected chi connectivity index (χ1v) is 6.67. The zero-order valence-electron chi connectivity index (χ0n) is 11.7. The maximum absolute atomic E-state index is 10.3. The number of isocyanates is 2. The minimum absolute atomic E-state index is 0.383. The van der Waals surface area contributed by atoms with E-state index in [0.29, 0.717) is 28.6 Å². The molecule has 0 atom stereocenters. The van der Waals surface area contributed by atoms with Crippen molar-refractivity contribution in [3.05, 3.63) is 52.5 Å². The lowest BCUT2D eigenvalue weighted by Gasteiger charge is -2.08. The van der Waals surface area contributed by atoms with E-state index < -0.39 is 0 Å². The average Bonchev–Trinajstić information content (AvgIpc) is 2.52. The van der Waals surface area contributed by atoms with Gasteiger partial charge in [0.1, 0.15) is 11.4 Å². The van der Waals surface area contributed by atoms with Crippen LogP contribution in [-0.2, 0) is 16.0 Å². The molecular formula is C16H11ClN2O3. The largest absolute Gasteiger partial charge is 0.494 e. The van der Waals surface area contributed by atoms with Crippen LogP contribution in [-0.4, -0.2) is 19.3 Å². The number of aliphatic imine (C=N–C) groups is 2. The molecule has 0 radical (unpaired) electrons. The number of hydrogen-bond donors (Lipinski definition) is 0. The number of hydrogen-bond acceptors (Lipinski definition) is 5. The van der Waals surface area contributed by atoms with Crippen molar-refractivity contribution < 1.29 is 14.3 Å². The van der Waals surface area contributed by atoms with E-state index in [0.717, 1.165) is 11.1 Å². The Kier molecular flexibility index (Phi) is 5.23. The van der Waals surface area contributed by atoms with Gasteiger partial charge in [0, 0.05) is 0 Å². The Morgan fingerprint density at radius 3 is 2.18 bits per heavy atom. The molecule has 6 heteroatoms. The molecule has 0 aromatic heterocycles. The zero-order chi connectivity index (χ0) is 15.9. The van der Waals surface area contributed by atoms with Gasteiger partial charge in [0.2, 0.25) is 12.2 Å². The highest BCUT2D eigenvalue weighted by Crippen LogP contribution is 2.30. The van der Waals surface area contributed by atoms with Gasteiger partial charge in [0.25, 0.3) is 0 Å². The van der Waals surface area contributed by atoms with Gasteiger partial charge in [0.15, 0.2) is 0 Å². The molecule has 0 spiro atoms. The average molecular weight is 315 g/mol. The summed E-state index contributed by atoms with van der Waals surface area (Å²) in [6, 6.07) is 10.5. The van der Waals surface area contributed by atoms with Crippen molar-refractivity contribution in [2.24, 2.45) is 9.98 Å². The van der Waals surface area contributed by atoms with E-state index in [2.05, 4.69) is 9.98 Å². The summed E-state index contributed by atoms with van der Waals surface area (Å²) in [5, 5.41) is 0.384. The molecule has 0 aliphatic rings. The molecule has 2 rings (SSSR count). The van der Waals surface area contributed by atoms with Gasteiger partial charge >= 0.3 is 0 Å². The Morgan fingerprint density at radius 2 is 1.59 bits per heavy atom. The molecule has 0 bridgehead atoms. The molecular weight excluding hydrogens is 304 g/mol. The molecule has 0 amide bonds. The molecule has 0 heterocycles. The summed E-state index contributed by atoms with van der Waals surface area (Å²) in [5.41, 5.74) is 2.72. The first-order valence-electron chi connectivity index (χ1n) is 6.29. The fourth-order valence-electron chi connectivity index (χ4n) is 2.01. The highest BCUT2D eigenvalue weighted by molar-refractivity contribution is 6.33. The van der Waals surface area contributed by atoms with Crippen LogP contribution in [0.1, 0.15) is 11.1 Å². The summed E-state index contributed by atoms with van der Waals surface area (Å²) in [5.74, 6) is 0.495. The fourth-order valence-corrected chi connectivity index (χ4v) is 2.25. The molecule has 0 saturated heterocycles. The summed E-state index contributed by atoms with van der Waals surface area (Å²) in [6.07, 6.45) is 3.55. The third-order valence-corrected chi connectivity index (χ3v) is 3.30. The van der Waals surface area contributed by atoms with Crippen LogP contribution in [0.3, 0.4) is 0 Å². The highest BCUT2D eigenvalue weighted by atomic mass is 35.5. The first-order chi connectivity index (χ1) is 10.7. The number of nitrogens with zero attached hydrogens (tertiary/aromatic N) is 2. The molecule has 0 fully saturated rings. The Labute approximate surface area is 131 Å². The molecule has 2 aromatic rings. The van der Waals surface area contributed by atoms with E-state index in [1.807, 2.05) is 12.1 Å². The quantitative estimate of drug-likeness (QED) is 0.621. The third-order valence-electron chi connectivity index (χ3n) is 3.00. The lowest BCUT2D eigenvalue weighted by atomic mass is 10.0. The van der Waals surface area contributed by atoms with Crippen molar-refractivity contribution in [1.29, 1.82) is 0 Å². The molecule has 0 aliphatic heterocycles. The van der Waals surface area contributed by atoms with Gasteiger partial charge in [-0.3, -0.25) is 0 Å². The van der Waals surface area contributed by atoms with E-state index in [1.165, 1.54) is 19.3 Å². The van der Waals surface area contributed by atoms with Gasteiger partial charge in [0.05, 0.1) is 17.8 Å². The van der Waals surface area contributed by atoms with Crippen LogP contribution >= 0.6 is 11.6 Å². The van der Waals surface area contributed by atoms with E-state index in [-0.39, 0.29) is 0 Å². The Hall–Kier alpha value is -2.71. The molecule has 110 valence electrons. The normalized spacial score (nSPS) is 9.55. The highest BCUT2D eigenvalue weighted by Gasteiger charge is 2.06. The van der Waals surface area contributed by atoms with Gasteiger partial charge in [-0.25, -0.2) is 9.59 Å². The second kappa shape index (κ2) is 7.34. The van der Waals surface area contributed by atoms with Crippen LogP contribution in [0.5, 0.6) is 5.75 Å². The van der Waals surface area contributed by atoms with Crippen molar-refractivity contribution in [2.75, 3.05) is 7.11 Å². The second-order valence-electron chi connectivity index (χ2n) is 4.37. The maximum atomic E-state index is 10.3. The number of rotatable bonds is 5. The van der Waals surface area contributed by atoms with Crippen LogP contribution < -0.4 is 4.74 Å². The number of benzene rings is 2. The molecule has 5 nitrogen and oxygen atoms in total. The van der Waals surface area contributed by atoms with E-state index in [1.54, 1.807) is 24.3 Å². The van der Waals surface area contributed by atoms with E-state index in [9.17, 15) is 9.59 Å². The maximum Gasteiger partial charge on any atom is 0.240 e. The van der Waals surface area contributed by atoms with Gasteiger partial charge in [-0.15, -0.1) is 0 Å². The molecule has 0 N–H and O–H groups in total. The van der Waals surface area contributed by atoms with Crippen molar-refractivity contribution in [2.45, 2.75) is 6.42 Å². The lowest BCUT2D eigenvalue weighted by Crippen LogP contribution is -1.91. The lowest BCUT2D eigenvalue weighted by molar-refractivity contribution is 0.415. The SMILES string of the molecule is COc1cc(Cc2ccc(N=C=O)c(Cl)c2)ccc1N=C=O. The van der Waals surface area contributed by atoms with Crippen molar-refractivity contribution in [3.8, 4) is 5.75 Å². The predicted octanol–water partition coefficient (Wildman–Crippen LogP) is 3.87. The minimum atomic E-state index is 0.383. The Balaban J connectivity index is 2.29. The molecule has 2 aromatic carbocycles. The summed E-state index contributed by atoms with van der Waals surface area (Å²) >= 11 is 6.04. The van der Waals surface area contributed by atoms with Crippen LogP contribution in [0.15, 0.2) is 46.4 Å². The summed E-state index contributed by atoms with van der Waals surface area (Å²) in [7, 11) is 1.51. The zero-order valence-corrected chi connectivity index (χ0v) is 12.4. The van der Waals surface area contributed by atoms with Crippen molar-refractivity contribution in [1.82, 2.24) is 0 Å².